The summed E-state index contributed by atoms with van der Waals surface area (Å²) in [5.74, 6) is 0.0656. The largest absolute Gasteiger partial charge is 0.452 e. The molecule has 0 aliphatic heterocycles. The molecule has 0 fully saturated rings. The summed E-state index contributed by atoms with van der Waals surface area (Å²) in [4.78, 5) is 31.1. The van der Waals surface area contributed by atoms with Crippen molar-refractivity contribution in [3.8, 4) is 5.69 Å². The molecular weight excluding hydrogens is 464 g/mol. The van der Waals surface area contributed by atoms with Gasteiger partial charge in [-0.05, 0) is 48.9 Å². The highest BCUT2D eigenvalue weighted by Gasteiger charge is 2.27. The fraction of sp³-hybridized carbons (Fsp3) is 0.333. The molecule has 1 N–H and O–H groups in total. The van der Waals surface area contributed by atoms with Crippen molar-refractivity contribution in [2.24, 2.45) is 5.92 Å². The van der Waals surface area contributed by atoms with Gasteiger partial charge < -0.3 is 10.1 Å². The van der Waals surface area contributed by atoms with Crippen molar-refractivity contribution >= 4 is 28.6 Å². The highest BCUT2D eigenvalue weighted by atomic mass is 16.5. The van der Waals surface area contributed by atoms with E-state index in [0.29, 0.717) is 17.3 Å². The van der Waals surface area contributed by atoms with E-state index in [1.807, 2.05) is 60.7 Å². The number of pyridine rings is 1. The number of hydrogen-bond acceptors (Lipinski definition) is 5. The first kappa shape index (κ1) is 24.7. The Kier molecular flexibility index (Phi) is 6.54. The second-order valence-electron chi connectivity index (χ2n) is 10.8. The van der Waals surface area contributed by atoms with Crippen LogP contribution in [-0.2, 0) is 27.8 Å². The second-order valence-corrected chi connectivity index (χ2v) is 10.8. The van der Waals surface area contributed by atoms with Crippen LogP contribution in [0, 0.1) is 5.92 Å². The summed E-state index contributed by atoms with van der Waals surface area (Å²) in [6.45, 7) is 7.99. The fourth-order valence-corrected chi connectivity index (χ4v) is 4.78. The summed E-state index contributed by atoms with van der Waals surface area (Å²) in [6, 6.07) is 19.1. The van der Waals surface area contributed by atoms with E-state index < -0.39 is 18.5 Å². The molecule has 7 nitrogen and oxygen atoms in total. The van der Waals surface area contributed by atoms with Crippen LogP contribution in [0.4, 0.5) is 5.82 Å². The Bertz CT molecular complexity index is 1470. The van der Waals surface area contributed by atoms with Crippen LogP contribution in [-0.4, -0.2) is 33.2 Å². The summed E-state index contributed by atoms with van der Waals surface area (Å²) < 4.78 is 7.29. The first-order chi connectivity index (χ1) is 17.7. The second kappa shape index (κ2) is 9.81. The third-order valence-electron chi connectivity index (χ3n) is 6.79. The van der Waals surface area contributed by atoms with Crippen LogP contribution in [0.15, 0.2) is 60.7 Å². The fourth-order valence-electron chi connectivity index (χ4n) is 4.78. The molecule has 4 aromatic rings. The Hall–Kier alpha value is -4.00. The Balaban J connectivity index is 1.38. The van der Waals surface area contributed by atoms with E-state index >= 15 is 0 Å². The number of fused-ring (bicyclic) bond motifs is 2. The first-order valence-electron chi connectivity index (χ1n) is 12.7. The van der Waals surface area contributed by atoms with Gasteiger partial charge in [-0.25, -0.2) is 9.48 Å². The molecule has 0 unspecified atom stereocenters. The molecule has 37 heavy (non-hydrogen) atoms. The lowest BCUT2D eigenvalue weighted by Crippen LogP contribution is -2.24. The molecule has 7 heteroatoms. The predicted octanol–water partition coefficient (Wildman–Crippen LogP) is 5.64. The van der Waals surface area contributed by atoms with Gasteiger partial charge in [0.05, 0.1) is 22.5 Å². The number of anilines is 1. The lowest BCUT2D eigenvalue weighted by atomic mass is 9.84. The molecule has 190 valence electrons. The van der Waals surface area contributed by atoms with Crippen LogP contribution in [0.2, 0.25) is 0 Å². The van der Waals surface area contributed by atoms with E-state index in [2.05, 4.69) is 33.0 Å². The number of nitrogens with one attached hydrogen (secondary N) is 1. The van der Waals surface area contributed by atoms with Crippen molar-refractivity contribution in [3.05, 3.63) is 83.2 Å². The van der Waals surface area contributed by atoms with Crippen LogP contribution in [0.3, 0.4) is 0 Å². The summed E-state index contributed by atoms with van der Waals surface area (Å²) in [7, 11) is 0. The van der Waals surface area contributed by atoms with Gasteiger partial charge in [0.25, 0.3) is 5.91 Å². The minimum Gasteiger partial charge on any atom is -0.452 e. The minimum absolute atomic E-state index is 0.204. The van der Waals surface area contributed by atoms with Gasteiger partial charge in [-0.15, -0.1) is 0 Å². The van der Waals surface area contributed by atoms with E-state index in [1.165, 1.54) is 0 Å². The summed E-state index contributed by atoms with van der Waals surface area (Å²) in [6.07, 6.45) is 2.65. The molecule has 5 rings (SSSR count). The Morgan fingerprint density at radius 1 is 1.08 bits per heavy atom. The maximum atomic E-state index is 13.4. The quantitative estimate of drug-likeness (QED) is 0.362. The Morgan fingerprint density at radius 2 is 1.81 bits per heavy atom. The van der Waals surface area contributed by atoms with Crippen LogP contribution >= 0.6 is 0 Å². The average molecular weight is 497 g/mol. The molecular formula is C30H32N4O3. The highest BCUT2D eigenvalue weighted by molar-refractivity contribution is 6.06. The topological polar surface area (TPSA) is 86.1 Å². The molecule has 0 saturated carbocycles. The number of aryl methyl sites for hydroxylation is 1. The molecule has 0 saturated heterocycles. The van der Waals surface area contributed by atoms with Crippen LogP contribution in [0.5, 0.6) is 0 Å². The van der Waals surface area contributed by atoms with Gasteiger partial charge in [-0.3, -0.25) is 9.78 Å². The third-order valence-corrected chi connectivity index (χ3v) is 6.79. The normalized spacial score (nSPS) is 15.3. The molecule has 0 spiro atoms. The highest BCUT2D eigenvalue weighted by Crippen LogP contribution is 2.32. The van der Waals surface area contributed by atoms with Gasteiger partial charge in [0.15, 0.2) is 6.61 Å². The van der Waals surface area contributed by atoms with Crippen molar-refractivity contribution < 1.29 is 14.3 Å². The van der Waals surface area contributed by atoms with Crippen molar-refractivity contribution in [1.29, 1.82) is 0 Å². The van der Waals surface area contributed by atoms with Gasteiger partial charge in [0.2, 0.25) is 0 Å². The number of aromatic nitrogens is 3. The Morgan fingerprint density at radius 3 is 2.57 bits per heavy atom. The number of esters is 1. The zero-order valence-corrected chi connectivity index (χ0v) is 21.7. The molecule has 1 aliphatic rings. The number of carbonyl (C=O) groups excluding carboxylic acids is 2. The predicted molar refractivity (Wildman–Crippen MR) is 144 cm³/mol. The number of nitrogens with zero attached hydrogens (tertiary/aromatic N) is 3. The lowest BCUT2D eigenvalue weighted by Gasteiger charge is -2.24. The standard InChI is InChI=1S/C30H32N4O3/c1-19-14-15-24-22(16-19)28(21-12-8-9-13-23(21)31-24)29(36)37-18-27(35)32-26-17-25(30(2,3)4)33-34(26)20-10-6-5-7-11-20/h5-13,17,19H,14-16,18H2,1-4H3,(H,32,35)/t19-/m0/s1. The van der Waals surface area contributed by atoms with Crippen molar-refractivity contribution in [3.63, 3.8) is 0 Å². The summed E-state index contributed by atoms with van der Waals surface area (Å²) >= 11 is 0. The number of benzene rings is 2. The number of carbonyl (C=O) groups is 2. The molecule has 1 amide bonds. The monoisotopic (exact) mass is 496 g/mol. The van der Waals surface area contributed by atoms with Crippen LogP contribution < -0.4 is 5.32 Å². The van der Waals surface area contributed by atoms with E-state index in [1.54, 1.807) is 4.68 Å². The average Bonchev–Trinajstić information content (AvgIpc) is 3.31. The molecule has 2 heterocycles. The van der Waals surface area contributed by atoms with E-state index in [4.69, 9.17) is 14.8 Å². The van der Waals surface area contributed by atoms with Crippen LogP contribution in [0.1, 0.15) is 61.4 Å². The van der Waals surface area contributed by atoms with Gasteiger partial charge >= 0.3 is 5.97 Å². The molecule has 2 aromatic heterocycles. The van der Waals surface area contributed by atoms with E-state index in [9.17, 15) is 9.59 Å². The number of amides is 1. The smallest absolute Gasteiger partial charge is 0.339 e. The molecule has 2 aromatic carbocycles. The maximum Gasteiger partial charge on any atom is 0.339 e. The molecule has 0 bridgehead atoms. The summed E-state index contributed by atoms with van der Waals surface area (Å²) in [5, 5.41) is 8.37. The van der Waals surface area contributed by atoms with Crippen molar-refractivity contribution in [2.75, 3.05) is 11.9 Å². The van der Waals surface area contributed by atoms with Gasteiger partial charge in [-0.1, -0.05) is 64.1 Å². The first-order valence-corrected chi connectivity index (χ1v) is 12.7. The van der Waals surface area contributed by atoms with E-state index in [0.717, 1.165) is 52.8 Å². The van der Waals surface area contributed by atoms with E-state index in [-0.39, 0.29) is 5.41 Å². The number of ether oxygens (including phenoxy) is 1. The van der Waals surface area contributed by atoms with Gasteiger partial charge in [0.1, 0.15) is 5.82 Å². The van der Waals surface area contributed by atoms with Gasteiger partial charge in [0, 0.05) is 22.6 Å². The van der Waals surface area contributed by atoms with Crippen LogP contribution in [0.25, 0.3) is 16.6 Å². The number of rotatable bonds is 5. The molecule has 0 radical (unpaired) electrons. The third kappa shape index (κ3) is 5.12. The molecule has 1 aliphatic carbocycles. The molecule has 1 atom stereocenters. The zero-order valence-electron chi connectivity index (χ0n) is 21.7. The minimum atomic E-state index is -0.494. The SMILES string of the molecule is C[C@H]1CCc2nc3ccccc3c(C(=O)OCC(=O)Nc3cc(C(C)(C)C)nn3-c3ccccc3)c2C1. The van der Waals surface area contributed by atoms with Gasteiger partial charge in [-0.2, -0.15) is 5.10 Å². The lowest BCUT2D eigenvalue weighted by molar-refractivity contribution is -0.119. The summed E-state index contributed by atoms with van der Waals surface area (Å²) in [5.41, 5.74) is 4.67. The van der Waals surface area contributed by atoms with Crippen molar-refractivity contribution in [2.45, 2.75) is 52.4 Å². The maximum absolute atomic E-state index is 13.4. The Labute approximate surface area is 216 Å². The number of hydrogen-bond donors (Lipinski definition) is 1. The number of para-hydroxylation sites is 2. The zero-order chi connectivity index (χ0) is 26.2. The van der Waals surface area contributed by atoms with Crippen molar-refractivity contribution in [1.82, 2.24) is 14.8 Å².